The molecule has 124 valence electrons. The molecule has 1 heterocycles. The number of amides is 1. The molecule has 3 N–H and O–H groups in total. The van der Waals surface area contributed by atoms with E-state index in [0.29, 0.717) is 17.6 Å². The zero-order chi connectivity index (χ0) is 15.5. The number of hydrogen-bond donors (Lipinski definition) is 2. The maximum absolute atomic E-state index is 12.0. The zero-order valence-corrected chi connectivity index (χ0v) is 13.5. The lowest BCUT2D eigenvalue weighted by Crippen LogP contribution is -2.35. The maximum atomic E-state index is 12.0. The van der Waals surface area contributed by atoms with Gasteiger partial charge in [-0.05, 0) is 35.4 Å². The van der Waals surface area contributed by atoms with E-state index in [1.165, 1.54) is 7.11 Å². The number of nitrogens with zero attached hydrogens (tertiary/aromatic N) is 4. The quantitative estimate of drug-likeness (QED) is 0.813. The molecule has 1 aliphatic carbocycles. The summed E-state index contributed by atoms with van der Waals surface area (Å²) >= 11 is 0. The van der Waals surface area contributed by atoms with Gasteiger partial charge in [-0.3, -0.25) is 4.79 Å². The number of carbonyl (C=O) groups is 1. The number of carbonyl (C=O) groups excluding carboxylic acids is 1. The average Bonchev–Trinajstić information content (AvgIpc) is 3.25. The molecule has 1 unspecified atom stereocenters. The van der Waals surface area contributed by atoms with E-state index in [-0.39, 0.29) is 24.9 Å². The fraction of sp³-hybridized carbons (Fsp3) is 0.429. The highest BCUT2D eigenvalue weighted by Gasteiger charge is 2.28. The van der Waals surface area contributed by atoms with Crippen LogP contribution in [0.25, 0.3) is 11.4 Å². The van der Waals surface area contributed by atoms with Crippen molar-refractivity contribution in [3.8, 4) is 11.4 Å². The van der Waals surface area contributed by atoms with Crippen molar-refractivity contribution in [2.24, 2.45) is 5.73 Å². The molecule has 8 nitrogen and oxygen atoms in total. The Bertz CT molecular complexity index is 669. The molecule has 0 spiro atoms. The summed E-state index contributed by atoms with van der Waals surface area (Å²) in [5.41, 5.74) is 7.00. The molecule has 23 heavy (non-hydrogen) atoms. The Morgan fingerprint density at radius 2 is 2.30 bits per heavy atom. The first kappa shape index (κ1) is 17.3. The van der Waals surface area contributed by atoms with Gasteiger partial charge in [0.05, 0.1) is 6.04 Å². The van der Waals surface area contributed by atoms with Gasteiger partial charge < -0.3 is 15.8 Å². The second-order valence-corrected chi connectivity index (χ2v) is 5.21. The molecule has 1 aromatic carbocycles. The second-order valence-electron chi connectivity index (χ2n) is 5.21. The summed E-state index contributed by atoms with van der Waals surface area (Å²) < 4.78 is 6.85. The summed E-state index contributed by atoms with van der Waals surface area (Å²) in [5, 5.41) is 14.6. The summed E-state index contributed by atoms with van der Waals surface area (Å²) in [6.45, 7) is 0.127. The van der Waals surface area contributed by atoms with Crippen LogP contribution in [-0.2, 0) is 9.53 Å². The standard InChI is InChI=1S/C14H18N6O2.ClH/c1-22-12(8-15)14(21)16-10-4-2-3-9(7-10)13-17-18-19-20(13)11-5-6-11;/h2-4,7,11-12H,5-6,8,15H2,1H3,(H,16,21);1H. The van der Waals surface area contributed by atoms with Crippen molar-refractivity contribution in [2.45, 2.75) is 25.0 Å². The third-order valence-electron chi connectivity index (χ3n) is 3.56. The molecule has 2 aromatic rings. The highest BCUT2D eigenvalue weighted by atomic mass is 35.5. The summed E-state index contributed by atoms with van der Waals surface area (Å²) in [7, 11) is 1.46. The van der Waals surface area contributed by atoms with Crippen molar-refractivity contribution >= 4 is 24.0 Å². The highest BCUT2D eigenvalue weighted by molar-refractivity contribution is 5.94. The Balaban J connectivity index is 0.00000192. The monoisotopic (exact) mass is 338 g/mol. The van der Waals surface area contributed by atoms with Crippen LogP contribution in [0.2, 0.25) is 0 Å². The molecule has 0 bridgehead atoms. The first-order valence-electron chi connectivity index (χ1n) is 7.15. The van der Waals surface area contributed by atoms with E-state index in [2.05, 4.69) is 20.8 Å². The SMILES string of the molecule is COC(CN)C(=O)Nc1cccc(-c2nnnn2C2CC2)c1.Cl. The van der Waals surface area contributed by atoms with Crippen molar-refractivity contribution < 1.29 is 9.53 Å². The van der Waals surface area contributed by atoms with Gasteiger partial charge in [-0.1, -0.05) is 12.1 Å². The molecule has 1 amide bonds. The number of methoxy groups -OCH3 is 1. The molecule has 0 radical (unpaired) electrons. The average molecular weight is 339 g/mol. The highest BCUT2D eigenvalue weighted by Crippen LogP contribution is 2.36. The molecule has 0 aliphatic heterocycles. The third kappa shape index (κ3) is 3.84. The van der Waals surface area contributed by atoms with Crippen LogP contribution in [0.15, 0.2) is 24.3 Å². The van der Waals surface area contributed by atoms with Gasteiger partial charge in [0.2, 0.25) is 0 Å². The van der Waals surface area contributed by atoms with E-state index in [0.717, 1.165) is 18.4 Å². The number of nitrogens with two attached hydrogens (primary N) is 1. The van der Waals surface area contributed by atoms with Gasteiger partial charge >= 0.3 is 0 Å². The minimum Gasteiger partial charge on any atom is -0.370 e. The molecule has 0 saturated heterocycles. The first-order valence-corrected chi connectivity index (χ1v) is 7.15. The first-order chi connectivity index (χ1) is 10.7. The van der Waals surface area contributed by atoms with Crippen LogP contribution in [0.5, 0.6) is 0 Å². The molecular weight excluding hydrogens is 320 g/mol. The van der Waals surface area contributed by atoms with Crippen LogP contribution in [-0.4, -0.2) is 45.9 Å². The molecule has 1 aromatic heterocycles. The normalized spacial score (nSPS) is 14.9. The summed E-state index contributed by atoms with van der Waals surface area (Å²) in [5.74, 6) is 0.435. The van der Waals surface area contributed by atoms with Crippen molar-refractivity contribution in [2.75, 3.05) is 19.0 Å². The fourth-order valence-electron chi connectivity index (χ4n) is 2.22. The summed E-state index contributed by atoms with van der Waals surface area (Å²) in [6.07, 6.45) is 1.53. The van der Waals surface area contributed by atoms with E-state index in [4.69, 9.17) is 10.5 Å². The molecule has 1 aliphatic rings. The molecule has 1 fully saturated rings. The number of nitrogens with one attached hydrogen (secondary N) is 1. The smallest absolute Gasteiger partial charge is 0.254 e. The molecule has 3 rings (SSSR count). The summed E-state index contributed by atoms with van der Waals surface area (Å²) in [6, 6.07) is 7.79. The zero-order valence-electron chi connectivity index (χ0n) is 12.7. The Hall–Kier alpha value is -2.03. The largest absolute Gasteiger partial charge is 0.370 e. The fourth-order valence-corrected chi connectivity index (χ4v) is 2.22. The Morgan fingerprint density at radius 1 is 1.52 bits per heavy atom. The Morgan fingerprint density at radius 3 is 2.96 bits per heavy atom. The van der Waals surface area contributed by atoms with Gasteiger partial charge in [-0.2, -0.15) is 0 Å². The summed E-state index contributed by atoms with van der Waals surface area (Å²) in [4.78, 5) is 12.0. The van der Waals surface area contributed by atoms with Gasteiger partial charge in [0.1, 0.15) is 6.10 Å². The molecule has 1 atom stereocenters. The number of hydrogen-bond acceptors (Lipinski definition) is 6. The van der Waals surface area contributed by atoms with Crippen molar-refractivity contribution in [1.82, 2.24) is 20.2 Å². The van der Waals surface area contributed by atoms with Crippen LogP contribution in [0, 0.1) is 0 Å². The van der Waals surface area contributed by atoms with E-state index in [1.807, 2.05) is 22.9 Å². The number of anilines is 1. The van der Waals surface area contributed by atoms with Crippen LogP contribution < -0.4 is 11.1 Å². The number of benzene rings is 1. The van der Waals surface area contributed by atoms with E-state index < -0.39 is 6.10 Å². The predicted octanol–water partition coefficient (Wildman–Crippen LogP) is 1.01. The van der Waals surface area contributed by atoms with Crippen LogP contribution in [0.1, 0.15) is 18.9 Å². The van der Waals surface area contributed by atoms with Crippen molar-refractivity contribution in [3.05, 3.63) is 24.3 Å². The van der Waals surface area contributed by atoms with Gasteiger partial charge in [0.15, 0.2) is 5.82 Å². The van der Waals surface area contributed by atoms with E-state index in [9.17, 15) is 4.79 Å². The third-order valence-corrected chi connectivity index (χ3v) is 3.56. The Kier molecular flexibility index (Phi) is 5.64. The number of tetrazole rings is 1. The lowest BCUT2D eigenvalue weighted by molar-refractivity contribution is -0.125. The van der Waals surface area contributed by atoms with Crippen LogP contribution >= 0.6 is 12.4 Å². The minimum absolute atomic E-state index is 0. The lowest BCUT2D eigenvalue weighted by Gasteiger charge is -2.13. The predicted molar refractivity (Wildman–Crippen MR) is 87.3 cm³/mol. The molecular formula is C14H19ClN6O2. The number of halogens is 1. The lowest BCUT2D eigenvalue weighted by atomic mass is 10.2. The second kappa shape index (κ2) is 7.49. The number of aromatic nitrogens is 4. The van der Waals surface area contributed by atoms with Crippen LogP contribution in [0.4, 0.5) is 5.69 Å². The van der Waals surface area contributed by atoms with E-state index >= 15 is 0 Å². The molecule has 1 saturated carbocycles. The Labute approximate surface area is 139 Å². The topological polar surface area (TPSA) is 108 Å². The van der Waals surface area contributed by atoms with Gasteiger partial charge in [-0.15, -0.1) is 17.5 Å². The van der Waals surface area contributed by atoms with Crippen molar-refractivity contribution in [1.29, 1.82) is 0 Å². The van der Waals surface area contributed by atoms with Gasteiger partial charge in [-0.25, -0.2) is 4.68 Å². The van der Waals surface area contributed by atoms with Gasteiger partial charge in [0.25, 0.3) is 5.91 Å². The number of rotatable bonds is 6. The van der Waals surface area contributed by atoms with Crippen LogP contribution in [0.3, 0.4) is 0 Å². The van der Waals surface area contributed by atoms with Gasteiger partial charge in [0, 0.05) is 24.9 Å². The maximum Gasteiger partial charge on any atom is 0.254 e. The minimum atomic E-state index is -0.666. The molecule has 9 heteroatoms. The van der Waals surface area contributed by atoms with Crippen molar-refractivity contribution in [3.63, 3.8) is 0 Å². The number of ether oxygens (including phenoxy) is 1. The van der Waals surface area contributed by atoms with E-state index in [1.54, 1.807) is 6.07 Å².